The minimum absolute atomic E-state index is 0.345. The van der Waals surface area contributed by atoms with Crippen molar-refractivity contribution in [1.29, 1.82) is 0 Å². The summed E-state index contributed by atoms with van der Waals surface area (Å²) in [5.41, 5.74) is -1.73. The van der Waals surface area contributed by atoms with Gasteiger partial charge in [0.25, 0.3) is 0 Å². The van der Waals surface area contributed by atoms with Gasteiger partial charge in [-0.1, -0.05) is 13.3 Å². The van der Waals surface area contributed by atoms with Gasteiger partial charge in [0, 0.05) is 6.54 Å². The molecule has 0 aromatic heterocycles. The lowest BCUT2D eigenvalue weighted by Crippen LogP contribution is -2.59. The van der Waals surface area contributed by atoms with Crippen LogP contribution in [-0.4, -0.2) is 39.8 Å². The molecule has 1 saturated carbocycles. The third kappa shape index (κ3) is 4.11. The van der Waals surface area contributed by atoms with E-state index < -0.39 is 23.2 Å². The van der Waals surface area contributed by atoms with Crippen molar-refractivity contribution in [2.75, 3.05) is 6.54 Å². The lowest BCUT2D eigenvalue weighted by Gasteiger charge is -2.44. The normalized spacial score (nSPS) is 26.2. The van der Waals surface area contributed by atoms with Gasteiger partial charge < -0.3 is 9.84 Å². The van der Waals surface area contributed by atoms with Crippen molar-refractivity contribution >= 4 is 12.1 Å². The number of carboxylic acid groups (broad SMARTS) is 1. The molecule has 1 aliphatic rings. The maximum absolute atomic E-state index is 12.4. The van der Waals surface area contributed by atoms with Gasteiger partial charge >= 0.3 is 12.1 Å². The van der Waals surface area contributed by atoms with Gasteiger partial charge in [-0.15, -0.1) is 0 Å². The zero-order chi connectivity index (χ0) is 16.3. The summed E-state index contributed by atoms with van der Waals surface area (Å²) in [6.07, 6.45) is 3.25. The maximum Gasteiger partial charge on any atom is 0.411 e. The van der Waals surface area contributed by atoms with Gasteiger partial charge in [0.15, 0.2) is 0 Å². The molecule has 5 heteroatoms. The number of carbonyl (C=O) groups is 2. The Bertz CT molecular complexity index is 378. The predicted octanol–water partition coefficient (Wildman–Crippen LogP) is 3.67. The first-order chi connectivity index (χ1) is 9.66. The topological polar surface area (TPSA) is 66.8 Å². The average Bonchev–Trinajstić information content (AvgIpc) is 2.37. The number of rotatable bonds is 4. The standard InChI is InChI=1S/C16H29NO4/c1-6-12-8-10-16(11-9-12,13(18)19)17(7-2)14(20)21-15(3,4)5/h12H,6-11H2,1-5H3,(H,18,19). The summed E-state index contributed by atoms with van der Waals surface area (Å²) < 4.78 is 5.40. The Labute approximate surface area is 127 Å². The number of amides is 1. The van der Waals surface area contributed by atoms with Gasteiger partial charge in [-0.05, 0) is 59.3 Å². The van der Waals surface area contributed by atoms with E-state index in [-0.39, 0.29) is 0 Å². The Morgan fingerprint density at radius 1 is 1.24 bits per heavy atom. The highest BCUT2D eigenvalue weighted by Crippen LogP contribution is 2.38. The SMILES string of the molecule is CCC1CCC(C(=O)O)(N(CC)C(=O)OC(C)(C)C)CC1. The van der Waals surface area contributed by atoms with Crippen LogP contribution < -0.4 is 0 Å². The number of aliphatic carboxylic acids is 1. The summed E-state index contributed by atoms with van der Waals surface area (Å²) in [7, 11) is 0. The van der Waals surface area contributed by atoms with Crippen LogP contribution in [0.4, 0.5) is 4.79 Å². The van der Waals surface area contributed by atoms with E-state index in [2.05, 4.69) is 6.92 Å². The number of nitrogens with zero attached hydrogens (tertiary/aromatic N) is 1. The molecular weight excluding hydrogens is 270 g/mol. The fraction of sp³-hybridized carbons (Fsp3) is 0.875. The molecule has 0 aromatic carbocycles. The molecule has 5 nitrogen and oxygen atoms in total. The van der Waals surface area contributed by atoms with Crippen molar-refractivity contribution in [2.24, 2.45) is 5.92 Å². The summed E-state index contributed by atoms with van der Waals surface area (Å²) in [6.45, 7) is 9.66. The van der Waals surface area contributed by atoms with Gasteiger partial charge in [-0.25, -0.2) is 9.59 Å². The van der Waals surface area contributed by atoms with Crippen molar-refractivity contribution in [3.8, 4) is 0 Å². The molecule has 0 heterocycles. The number of likely N-dealkylation sites (N-methyl/N-ethyl adjacent to an activating group) is 1. The van der Waals surface area contributed by atoms with Crippen molar-refractivity contribution in [3.05, 3.63) is 0 Å². The molecule has 1 fully saturated rings. The first-order valence-corrected chi connectivity index (χ1v) is 7.90. The van der Waals surface area contributed by atoms with E-state index in [1.807, 2.05) is 0 Å². The molecule has 1 amide bonds. The van der Waals surface area contributed by atoms with Crippen LogP contribution in [0.2, 0.25) is 0 Å². The molecule has 0 bridgehead atoms. The van der Waals surface area contributed by atoms with Crippen LogP contribution in [0.3, 0.4) is 0 Å². The largest absolute Gasteiger partial charge is 0.479 e. The summed E-state index contributed by atoms with van der Waals surface area (Å²) in [5.74, 6) is -0.348. The van der Waals surface area contributed by atoms with Crippen LogP contribution in [0.1, 0.15) is 66.7 Å². The lowest BCUT2D eigenvalue weighted by atomic mass is 9.74. The Morgan fingerprint density at radius 2 is 1.76 bits per heavy atom. The molecule has 0 atom stereocenters. The molecule has 0 spiro atoms. The van der Waals surface area contributed by atoms with Crippen molar-refractivity contribution in [1.82, 2.24) is 4.90 Å². The number of hydrogen-bond acceptors (Lipinski definition) is 3. The highest BCUT2D eigenvalue weighted by molar-refractivity contribution is 5.84. The van der Waals surface area contributed by atoms with Gasteiger partial charge in [0.1, 0.15) is 11.1 Å². The molecule has 0 saturated heterocycles. The third-order valence-corrected chi connectivity index (χ3v) is 4.35. The first-order valence-electron chi connectivity index (χ1n) is 7.90. The summed E-state index contributed by atoms with van der Waals surface area (Å²) in [5, 5.41) is 9.75. The summed E-state index contributed by atoms with van der Waals surface area (Å²) >= 11 is 0. The van der Waals surface area contributed by atoms with Gasteiger partial charge in [-0.2, -0.15) is 0 Å². The van der Waals surface area contributed by atoms with E-state index >= 15 is 0 Å². The van der Waals surface area contributed by atoms with Crippen LogP contribution in [0.25, 0.3) is 0 Å². The van der Waals surface area contributed by atoms with E-state index in [1.165, 1.54) is 4.90 Å². The van der Waals surface area contributed by atoms with E-state index in [9.17, 15) is 14.7 Å². The first kappa shape index (κ1) is 17.8. The Kier molecular flexibility index (Phi) is 5.65. The van der Waals surface area contributed by atoms with Crippen molar-refractivity contribution < 1.29 is 19.4 Å². The van der Waals surface area contributed by atoms with Crippen LogP contribution >= 0.6 is 0 Å². The highest BCUT2D eigenvalue weighted by Gasteiger charge is 2.49. The second-order valence-electron chi connectivity index (χ2n) is 6.91. The van der Waals surface area contributed by atoms with Crippen LogP contribution in [0.15, 0.2) is 0 Å². The zero-order valence-corrected chi connectivity index (χ0v) is 13.9. The van der Waals surface area contributed by atoms with E-state index in [4.69, 9.17) is 4.74 Å². The monoisotopic (exact) mass is 299 g/mol. The van der Waals surface area contributed by atoms with Crippen molar-refractivity contribution in [2.45, 2.75) is 77.9 Å². The quantitative estimate of drug-likeness (QED) is 0.860. The Hall–Kier alpha value is -1.26. The van der Waals surface area contributed by atoms with E-state index in [0.29, 0.717) is 25.3 Å². The summed E-state index contributed by atoms with van der Waals surface area (Å²) in [4.78, 5) is 25.7. The number of hydrogen-bond donors (Lipinski definition) is 1. The molecule has 122 valence electrons. The van der Waals surface area contributed by atoms with E-state index in [1.54, 1.807) is 27.7 Å². The fourth-order valence-electron chi connectivity index (χ4n) is 3.09. The smallest absolute Gasteiger partial charge is 0.411 e. The molecule has 0 aliphatic heterocycles. The maximum atomic E-state index is 12.4. The van der Waals surface area contributed by atoms with Gasteiger partial charge in [-0.3, -0.25) is 4.90 Å². The van der Waals surface area contributed by atoms with Crippen LogP contribution in [0, 0.1) is 5.92 Å². The van der Waals surface area contributed by atoms with Crippen molar-refractivity contribution in [3.63, 3.8) is 0 Å². The minimum Gasteiger partial charge on any atom is -0.479 e. The molecule has 0 radical (unpaired) electrons. The number of ether oxygens (including phenoxy) is 1. The molecule has 1 N–H and O–H groups in total. The Morgan fingerprint density at radius 3 is 2.10 bits per heavy atom. The van der Waals surface area contributed by atoms with Gasteiger partial charge in [0.2, 0.25) is 0 Å². The minimum atomic E-state index is -1.11. The van der Waals surface area contributed by atoms with Crippen LogP contribution in [0.5, 0.6) is 0 Å². The third-order valence-electron chi connectivity index (χ3n) is 4.35. The highest BCUT2D eigenvalue weighted by atomic mass is 16.6. The van der Waals surface area contributed by atoms with E-state index in [0.717, 1.165) is 19.3 Å². The second kappa shape index (κ2) is 6.67. The number of carboxylic acids is 1. The number of carbonyl (C=O) groups excluding carboxylic acids is 1. The molecule has 0 unspecified atom stereocenters. The predicted molar refractivity (Wildman–Crippen MR) is 81.2 cm³/mol. The van der Waals surface area contributed by atoms with Crippen LogP contribution in [-0.2, 0) is 9.53 Å². The summed E-state index contributed by atoms with van der Waals surface area (Å²) in [6, 6.07) is 0. The zero-order valence-electron chi connectivity index (χ0n) is 13.9. The average molecular weight is 299 g/mol. The molecule has 0 aromatic rings. The fourth-order valence-corrected chi connectivity index (χ4v) is 3.09. The lowest BCUT2D eigenvalue weighted by molar-refractivity contribution is -0.154. The second-order valence-corrected chi connectivity index (χ2v) is 6.91. The molecule has 1 rings (SSSR count). The Balaban J connectivity index is 2.97. The van der Waals surface area contributed by atoms with Gasteiger partial charge in [0.05, 0.1) is 0 Å². The molecule has 1 aliphatic carbocycles. The molecular formula is C16H29NO4. The molecule has 21 heavy (non-hydrogen) atoms.